The van der Waals surface area contributed by atoms with E-state index in [-0.39, 0.29) is 5.69 Å². The number of carboxylic acid groups (broad SMARTS) is 2. The van der Waals surface area contributed by atoms with Crippen LogP contribution in [0.2, 0.25) is 0 Å². The molecule has 0 amide bonds. The number of benzene rings is 1. The molecule has 1 fully saturated rings. The fraction of sp³-hybridized carbons (Fsp3) is 0.375. The van der Waals surface area contributed by atoms with E-state index in [4.69, 9.17) is 0 Å². The number of nitrogens with zero attached hydrogens (tertiary/aromatic N) is 2. The third-order valence-electron chi connectivity index (χ3n) is 4.27. The summed E-state index contributed by atoms with van der Waals surface area (Å²) in [5.74, 6) is -0.388. The highest BCUT2D eigenvalue weighted by Crippen LogP contribution is 2.35. The highest BCUT2D eigenvalue weighted by molar-refractivity contribution is 7.99. The second kappa shape index (κ2) is 6.25. The van der Waals surface area contributed by atoms with Gasteiger partial charge in [0.15, 0.2) is 0 Å². The standard InChI is InChI=1S/C16H18N2O4S/c1-17-11-5-3-2-4-10(11)12(13(17)15(19)20)14(16(21)22)18-6-8-23-9-7-18/h2-5,14H,6-9H2,1H3,(H,19,20)(H,21,22). The van der Waals surface area contributed by atoms with E-state index in [0.717, 1.165) is 17.0 Å². The molecule has 1 aromatic carbocycles. The molecule has 0 saturated carbocycles. The number of aromatic carboxylic acids is 1. The van der Waals surface area contributed by atoms with Crippen LogP contribution >= 0.6 is 11.8 Å². The summed E-state index contributed by atoms with van der Waals surface area (Å²) in [5.41, 5.74) is 1.17. The molecule has 2 heterocycles. The van der Waals surface area contributed by atoms with Crippen molar-refractivity contribution in [2.24, 2.45) is 7.05 Å². The summed E-state index contributed by atoms with van der Waals surface area (Å²) in [4.78, 5) is 25.6. The van der Waals surface area contributed by atoms with Gasteiger partial charge in [0.2, 0.25) is 0 Å². The van der Waals surface area contributed by atoms with Crippen LogP contribution in [0, 0.1) is 0 Å². The molecular weight excluding hydrogens is 316 g/mol. The van der Waals surface area contributed by atoms with Gasteiger partial charge in [0.05, 0.1) is 0 Å². The van der Waals surface area contributed by atoms with Gasteiger partial charge in [0.25, 0.3) is 0 Å². The second-order valence-corrected chi connectivity index (χ2v) is 6.76. The first-order chi connectivity index (χ1) is 11.0. The SMILES string of the molecule is Cn1c(C(=O)O)c(C(C(=O)O)N2CCSCC2)c2ccccc21. The summed E-state index contributed by atoms with van der Waals surface area (Å²) in [7, 11) is 1.67. The van der Waals surface area contributed by atoms with Crippen molar-refractivity contribution in [3.8, 4) is 0 Å². The van der Waals surface area contributed by atoms with Gasteiger partial charge in [-0.3, -0.25) is 9.69 Å². The fourth-order valence-corrected chi connectivity index (χ4v) is 4.19. The molecule has 122 valence electrons. The molecule has 1 aliphatic rings. The maximum atomic E-state index is 12.0. The fourth-order valence-electron chi connectivity index (χ4n) is 3.26. The molecule has 6 nitrogen and oxygen atoms in total. The molecule has 23 heavy (non-hydrogen) atoms. The number of carbonyl (C=O) groups is 2. The van der Waals surface area contributed by atoms with E-state index in [1.807, 2.05) is 23.1 Å². The van der Waals surface area contributed by atoms with E-state index in [1.54, 1.807) is 29.4 Å². The number of para-hydroxylation sites is 1. The predicted molar refractivity (Wildman–Crippen MR) is 89.2 cm³/mol. The Bertz CT molecular complexity index is 765. The van der Waals surface area contributed by atoms with Crippen molar-refractivity contribution < 1.29 is 19.8 Å². The molecule has 2 aromatic rings. The first kappa shape index (κ1) is 15.9. The van der Waals surface area contributed by atoms with Crippen LogP contribution in [-0.4, -0.2) is 56.2 Å². The van der Waals surface area contributed by atoms with Gasteiger partial charge in [0, 0.05) is 48.1 Å². The minimum Gasteiger partial charge on any atom is -0.480 e. The zero-order chi connectivity index (χ0) is 16.6. The molecule has 0 radical (unpaired) electrons. The van der Waals surface area contributed by atoms with Gasteiger partial charge in [-0.25, -0.2) is 4.79 Å². The molecule has 2 N–H and O–H groups in total. The predicted octanol–water partition coefficient (Wildman–Crippen LogP) is 2.05. The minimum atomic E-state index is -1.10. The third kappa shape index (κ3) is 2.70. The molecule has 3 rings (SSSR count). The van der Waals surface area contributed by atoms with Crippen molar-refractivity contribution in [1.29, 1.82) is 0 Å². The average molecular weight is 334 g/mol. The van der Waals surface area contributed by atoms with E-state index in [0.29, 0.717) is 24.0 Å². The number of aromatic nitrogens is 1. The second-order valence-electron chi connectivity index (χ2n) is 5.53. The Morgan fingerprint density at radius 1 is 1.17 bits per heavy atom. The number of rotatable bonds is 4. The number of carboxylic acids is 2. The molecule has 1 aromatic heterocycles. The van der Waals surface area contributed by atoms with Crippen LogP contribution in [0.15, 0.2) is 24.3 Å². The molecule has 0 bridgehead atoms. The van der Waals surface area contributed by atoms with Crippen molar-refractivity contribution in [2.75, 3.05) is 24.6 Å². The van der Waals surface area contributed by atoms with E-state index in [9.17, 15) is 19.8 Å². The van der Waals surface area contributed by atoms with E-state index >= 15 is 0 Å². The summed E-state index contributed by atoms with van der Waals surface area (Å²) < 4.78 is 1.57. The Hall–Kier alpha value is -1.99. The van der Waals surface area contributed by atoms with Gasteiger partial charge in [-0.2, -0.15) is 11.8 Å². The zero-order valence-corrected chi connectivity index (χ0v) is 13.5. The van der Waals surface area contributed by atoms with Crippen LogP contribution in [0.4, 0.5) is 0 Å². The maximum absolute atomic E-state index is 12.0. The number of aliphatic carboxylic acids is 1. The summed E-state index contributed by atoms with van der Waals surface area (Å²) in [6.07, 6.45) is 0. The van der Waals surface area contributed by atoms with E-state index in [2.05, 4.69) is 0 Å². The lowest BCUT2D eigenvalue weighted by Gasteiger charge is -2.32. The summed E-state index contributed by atoms with van der Waals surface area (Å²) >= 11 is 1.79. The molecule has 0 aliphatic carbocycles. The van der Waals surface area contributed by atoms with Crippen molar-refractivity contribution in [2.45, 2.75) is 6.04 Å². The Morgan fingerprint density at radius 3 is 2.43 bits per heavy atom. The smallest absolute Gasteiger partial charge is 0.352 e. The Morgan fingerprint density at radius 2 is 1.83 bits per heavy atom. The lowest BCUT2D eigenvalue weighted by molar-refractivity contribution is -0.143. The molecule has 1 unspecified atom stereocenters. The number of thioether (sulfide) groups is 1. The molecule has 1 atom stereocenters. The van der Waals surface area contributed by atoms with Gasteiger partial charge >= 0.3 is 11.9 Å². The quantitative estimate of drug-likeness (QED) is 0.890. The number of hydrogen-bond donors (Lipinski definition) is 2. The van der Waals surface area contributed by atoms with Gasteiger partial charge in [-0.15, -0.1) is 0 Å². The Labute approximate surface area is 137 Å². The number of hydrogen-bond acceptors (Lipinski definition) is 4. The molecular formula is C16H18N2O4S. The molecule has 1 saturated heterocycles. The molecule has 1 aliphatic heterocycles. The topological polar surface area (TPSA) is 82.8 Å². The van der Waals surface area contributed by atoms with Crippen LogP contribution in [0.5, 0.6) is 0 Å². The zero-order valence-electron chi connectivity index (χ0n) is 12.7. The van der Waals surface area contributed by atoms with E-state index in [1.165, 1.54) is 0 Å². The third-order valence-corrected chi connectivity index (χ3v) is 5.21. The van der Waals surface area contributed by atoms with Gasteiger partial charge in [-0.05, 0) is 6.07 Å². The lowest BCUT2D eigenvalue weighted by atomic mass is 10.0. The molecule has 0 spiro atoms. The Balaban J connectivity index is 2.24. The highest BCUT2D eigenvalue weighted by atomic mass is 32.2. The number of aryl methyl sites for hydroxylation is 1. The average Bonchev–Trinajstić information content (AvgIpc) is 2.82. The highest BCUT2D eigenvalue weighted by Gasteiger charge is 2.35. The van der Waals surface area contributed by atoms with Crippen molar-refractivity contribution in [1.82, 2.24) is 9.47 Å². The normalized spacial score (nSPS) is 17.3. The summed E-state index contributed by atoms with van der Waals surface area (Å²) in [6.45, 7) is 1.29. The lowest BCUT2D eigenvalue weighted by Crippen LogP contribution is -2.40. The van der Waals surface area contributed by atoms with Gasteiger partial charge in [0.1, 0.15) is 11.7 Å². The number of fused-ring (bicyclic) bond motifs is 1. The van der Waals surface area contributed by atoms with Crippen molar-refractivity contribution in [3.63, 3.8) is 0 Å². The maximum Gasteiger partial charge on any atom is 0.352 e. The Kier molecular flexibility index (Phi) is 4.32. The van der Waals surface area contributed by atoms with Gasteiger partial charge < -0.3 is 14.8 Å². The van der Waals surface area contributed by atoms with Crippen LogP contribution in [0.25, 0.3) is 10.9 Å². The first-order valence-corrected chi connectivity index (χ1v) is 8.53. The monoisotopic (exact) mass is 334 g/mol. The van der Waals surface area contributed by atoms with E-state index < -0.39 is 18.0 Å². The summed E-state index contributed by atoms with van der Waals surface area (Å²) in [6, 6.07) is 6.31. The van der Waals surface area contributed by atoms with Crippen LogP contribution in [0.1, 0.15) is 22.1 Å². The van der Waals surface area contributed by atoms with Crippen molar-refractivity contribution >= 4 is 34.6 Å². The minimum absolute atomic E-state index is 0.0526. The molecule has 7 heteroatoms. The van der Waals surface area contributed by atoms with Crippen molar-refractivity contribution in [3.05, 3.63) is 35.5 Å². The van der Waals surface area contributed by atoms with Crippen LogP contribution < -0.4 is 0 Å². The largest absolute Gasteiger partial charge is 0.480 e. The first-order valence-electron chi connectivity index (χ1n) is 7.37. The summed E-state index contributed by atoms with van der Waals surface area (Å²) in [5, 5.41) is 20.1. The van der Waals surface area contributed by atoms with Gasteiger partial charge in [-0.1, -0.05) is 18.2 Å². The van der Waals surface area contributed by atoms with Crippen LogP contribution in [-0.2, 0) is 11.8 Å². The van der Waals surface area contributed by atoms with Crippen LogP contribution in [0.3, 0.4) is 0 Å².